The molecule has 11 heteroatoms. The maximum Gasteiger partial charge on any atom is 0.433 e. The van der Waals surface area contributed by atoms with E-state index in [1.54, 1.807) is 41.3 Å². The van der Waals surface area contributed by atoms with Gasteiger partial charge >= 0.3 is 6.18 Å². The maximum atomic E-state index is 13.9. The molecular weight excluding hydrogens is 487 g/mol. The molecule has 1 fully saturated rings. The van der Waals surface area contributed by atoms with Gasteiger partial charge in [-0.15, -0.1) is 0 Å². The van der Waals surface area contributed by atoms with Gasteiger partial charge in [0.25, 0.3) is 5.91 Å². The molecule has 0 saturated carbocycles. The number of fused-ring (bicyclic) bond motifs is 1. The summed E-state index contributed by atoms with van der Waals surface area (Å²) in [6.07, 6.45) is -3.56. The van der Waals surface area contributed by atoms with Crippen molar-refractivity contribution >= 4 is 11.6 Å². The van der Waals surface area contributed by atoms with Crippen LogP contribution in [0.5, 0.6) is 11.5 Å². The molecule has 0 aliphatic carbocycles. The Kier molecular flexibility index (Phi) is 6.46. The van der Waals surface area contributed by atoms with Gasteiger partial charge in [0.15, 0.2) is 11.3 Å². The van der Waals surface area contributed by atoms with Crippen molar-refractivity contribution in [2.45, 2.75) is 12.7 Å². The number of ether oxygens (including phenoxy) is 1. The van der Waals surface area contributed by atoms with Gasteiger partial charge in [0.05, 0.1) is 19.0 Å². The molecule has 5 rings (SSSR count). The van der Waals surface area contributed by atoms with E-state index in [9.17, 15) is 23.1 Å². The van der Waals surface area contributed by atoms with Gasteiger partial charge in [-0.05, 0) is 36.4 Å². The molecular formula is C26H24F3N5O3. The molecule has 1 aliphatic heterocycles. The van der Waals surface area contributed by atoms with Crippen LogP contribution >= 0.6 is 0 Å². The number of methoxy groups -OCH3 is 1. The monoisotopic (exact) mass is 511 g/mol. The highest BCUT2D eigenvalue weighted by atomic mass is 19.4. The number of halogens is 3. The Morgan fingerprint density at radius 2 is 1.76 bits per heavy atom. The van der Waals surface area contributed by atoms with Crippen LogP contribution in [0.15, 0.2) is 60.8 Å². The molecule has 1 amide bonds. The Bertz CT molecular complexity index is 1430. The minimum absolute atomic E-state index is 0.00927. The van der Waals surface area contributed by atoms with Gasteiger partial charge < -0.3 is 14.7 Å². The molecule has 1 N–H and O–H groups in total. The third-order valence-corrected chi connectivity index (χ3v) is 6.42. The smallest absolute Gasteiger partial charge is 0.433 e. The number of phenolic OH excluding ortho intramolecular Hbond substituents is 1. The highest BCUT2D eigenvalue weighted by Crippen LogP contribution is 2.33. The molecule has 0 atom stereocenters. The van der Waals surface area contributed by atoms with Crippen molar-refractivity contribution in [3.63, 3.8) is 0 Å². The molecule has 2 aromatic heterocycles. The van der Waals surface area contributed by atoms with E-state index in [2.05, 4.69) is 15.0 Å². The Hall–Kier alpha value is -4.12. The summed E-state index contributed by atoms with van der Waals surface area (Å²) in [6.45, 7) is 2.41. The van der Waals surface area contributed by atoms with Crippen molar-refractivity contribution < 1.29 is 27.8 Å². The average Bonchev–Trinajstić information content (AvgIpc) is 3.33. The lowest BCUT2D eigenvalue weighted by atomic mass is 10.1. The number of carbonyl (C=O) groups excluding carboxylic acids is 1. The lowest BCUT2D eigenvalue weighted by molar-refractivity contribution is -0.142. The van der Waals surface area contributed by atoms with E-state index in [4.69, 9.17) is 4.74 Å². The molecule has 1 saturated heterocycles. The number of amides is 1. The molecule has 37 heavy (non-hydrogen) atoms. The van der Waals surface area contributed by atoms with Crippen molar-refractivity contribution in [2.75, 3.05) is 33.3 Å². The van der Waals surface area contributed by atoms with Crippen LogP contribution in [0.4, 0.5) is 13.2 Å². The molecule has 0 spiro atoms. The number of aromatic hydroxyl groups is 1. The van der Waals surface area contributed by atoms with E-state index in [0.29, 0.717) is 48.6 Å². The molecule has 8 nitrogen and oxygen atoms in total. The lowest BCUT2D eigenvalue weighted by Gasteiger charge is -2.34. The first-order valence-electron chi connectivity index (χ1n) is 11.6. The van der Waals surface area contributed by atoms with Crippen molar-refractivity contribution in [1.82, 2.24) is 24.4 Å². The number of nitrogens with zero attached hydrogens (tertiary/aromatic N) is 5. The van der Waals surface area contributed by atoms with Crippen molar-refractivity contribution in [3.8, 4) is 22.8 Å². The Labute approximate surface area is 210 Å². The second-order valence-corrected chi connectivity index (χ2v) is 8.74. The van der Waals surface area contributed by atoms with Crippen LogP contribution in [0.1, 0.15) is 21.6 Å². The largest absolute Gasteiger partial charge is 0.508 e. The second kappa shape index (κ2) is 9.74. The average molecular weight is 512 g/mol. The Morgan fingerprint density at radius 1 is 1.05 bits per heavy atom. The minimum Gasteiger partial charge on any atom is -0.508 e. The molecule has 0 bridgehead atoms. The summed E-state index contributed by atoms with van der Waals surface area (Å²) >= 11 is 0. The summed E-state index contributed by atoms with van der Waals surface area (Å²) in [7, 11) is 1.50. The SMILES string of the molecule is COc1ccc(-c2cc(C(F)(F)F)n3ncc(C(=O)N4CCN(Cc5ccccc5O)CC4)c3n2)cc1. The predicted molar refractivity (Wildman–Crippen MR) is 129 cm³/mol. The summed E-state index contributed by atoms with van der Waals surface area (Å²) in [6, 6.07) is 14.5. The highest BCUT2D eigenvalue weighted by Gasteiger charge is 2.36. The fraction of sp³-hybridized carbons (Fsp3) is 0.269. The zero-order valence-electron chi connectivity index (χ0n) is 19.9. The zero-order valence-corrected chi connectivity index (χ0v) is 19.9. The number of rotatable bonds is 5. The number of hydrogen-bond donors (Lipinski definition) is 1. The Balaban J connectivity index is 1.41. The Morgan fingerprint density at radius 3 is 2.41 bits per heavy atom. The quantitative estimate of drug-likeness (QED) is 0.435. The molecule has 2 aromatic carbocycles. The lowest BCUT2D eigenvalue weighted by Crippen LogP contribution is -2.48. The summed E-state index contributed by atoms with van der Waals surface area (Å²) in [4.78, 5) is 21.5. The van der Waals surface area contributed by atoms with E-state index >= 15 is 0 Å². The van der Waals surface area contributed by atoms with Crippen molar-refractivity contribution in [1.29, 1.82) is 0 Å². The van der Waals surface area contributed by atoms with Gasteiger partial charge in [-0.1, -0.05) is 18.2 Å². The third kappa shape index (κ3) is 4.94. The van der Waals surface area contributed by atoms with E-state index in [0.717, 1.165) is 17.8 Å². The number of carbonyl (C=O) groups is 1. The van der Waals surface area contributed by atoms with Gasteiger partial charge in [0.1, 0.15) is 17.1 Å². The molecule has 0 unspecified atom stereocenters. The second-order valence-electron chi connectivity index (χ2n) is 8.74. The van der Waals surface area contributed by atoms with Gasteiger partial charge in [-0.25, -0.2) is 9.50 Å². The number of piperazine rings is 1. The van der Waals surface area contributed by atoms with Crippen LogP contribution in [0.25, 0.3) is 16.9 Å². The molecule has 3 heterocycles. The van der Waals surface area contributed by atoms with E-state index in [1.807, 2.05) is 12.1 Å². The summed E-state index contributed by atoms with van der Waals surface area (Å²) in [5, 5.41) is 13.9. The van der Waals surface area contributed by atoms with Crippen LogP contribution in [0.2, 0.25) is 0 Å². The van der Waals surface area contributed by atoms with Crippen molar-refractivity contribution in [3.05, 3.63) is 77.6 Å². The number of aromatic nitrogens is 3. The summed E-state index contributed by atoms with van der Waals surface area (Å²) in [5.74, 6) is 0.346. The van der Waals surface area contributed by atoms with Gasteiger partial charge in [-0.2, -0.15) is 18.3 Å². The predicted octanol–water partition coefficient (Wildman–Crippen LogP) is 4.09. The molecule has 0 radical (unpaired) electrons. The van der Waals surface area contributed by atoms with Crippen LogP contribution in [0.3, 0.4) is 0 Å². The summed E-state index contributed by atoms with van der Waals surface area (Å²) < 4.78 is 47.6. The van der Waals surface area contributed by atoms with E-state index in [1.165, 1.54) is 7.11 Å². The number of para-hydroxylation sites is 1. The third-order valence-electron chi connectivity index (χ3n) is 6.42. The number of hydrogen-bond acceptors (Lipinski definition) is 6. The fourth-order valence-electron chi connectivity index (χ4n) is 4.39. The maximum absolute atomic E-state index is 13.9. The van der Waals surface area contributed by atoms with Crippen LogP contribution in [0, 0.1) is 0 Å². The van der Waals surface area contributed by atoms with E-state index in [-0.39, 0.29) is 22.7 Å². The van der Waals surface area contributed by atoms with Gasteiger partial charge in [0.2, 0.25) is 0 Å². The normalized spacial score (nSPS) is 14.8. The van der Waals surface area contributed by atoms with Crippen molar-refractivity contribution in [2.24, 2.45) is 0 Å². The first kappa shape index (κ1) is 24.6. The van der Waals surface area contributed by atoms with Crippen LogP contribution in [-0.2, 0) is 12.7 Å². The van der Waals surface area contributed by atoms with Crippen LogP contribution < -0.4 is 4.74 Å². The fourth-order valence-corrected chi connectivity index (χ4v) is 4.39. The topological polar surface area (TPSA) is 83.2 Å². The van der Waals surface area contributed by atoms with Gasteiger partial charge in [-0.3, -0.25) is 9.69 Å². The number of phenols is 1. The molecule has 192 valence electrons. The molecule has 4 aromatic rings. The number of benzene rings is 2. The zero-order chi connectivity index (χ0) is 26.2. The number of alkyl halides is 3. The van der Waals surface area contributed by atoms with E-state index < -0.39 is 17.8 Å². The van der Waals surface area contributed by atoms with Crippen LogP contribution in [-0.4, -0.2) is 68.7 Å². The highest BCUT2D eigenvalue weighted by molar-refractivity contribution is 6.00. The van der Waals surface area contributed by atoms with Gasteiger partial charge in [0, 0.05) is 43.9 Å². The standard InChI is InChI=1S/C26H24F3N5O3/c1-37-19-8-6-17(7-9-19)21-14-23(26(27,28)29)34-24(31-21)20(15-30-34)25(36)33-12-10-32(11-13-33)16-18-4-2-3-5-22(18)35/h2-9,14-15,35H,10-13,16H2,1H3. The molecule has 1 aliphatic rings. The summed E-state index contributed by atoms with van der Waals surface area (Å²) in [5.41, 5.74) is 0.155. The first-order chi connectivity index (χ1) is 17.7. The minimum atomic E-state index is -4.70. The first-order valence-corrected chi connectivity index (χ1v) is 11.6.